The fourth-order valence-electron chi connectivity index (χ4n) is 1.00. The van der Waals surface area contributed by atoms with Gasteiger partial charge in [-0.05, 0) is 0 Å². The zero-order chi connectivity index (χ0) is 13.6. The second-order valence-corrected chi connectivity index (χ2v) is 3.37. The Labute approximate surface area is 105 Å². The van der Waals surface area contributed by atoms with Crippen molar-refractivity contribution in [2.24, 2.45) is 0 Å². The molecule has 0 heterocycles. The van der Waals surface area contributed by atoms with E-state index >= 15 is 0 Å². The second kappa shape index (κ2) is 12.2. The molecule has 8 heteroatoms. The molecule has 0 aromatic carbocycles. The number of carboxylic acid groups (broad SMARTS) is 2. The van der Waals surface area contributed by atoms with Crippen LogP contribution in [-0.4, -0.2) is 74.8 Å². The van der Waals surface area contributed by atoms with Gasteiger partial charge in [-0.3, -0.25) is 9.59 Å². The van der Waals surface area contributed by atoms with E-state index < -0.39 is 11.9 Å². The van der Waals surface area contributed by atoms with Crippen LogP contribution in [0.1, 0.15) is 0 Å². The molecule has 18 heavy (non-hydrogen) atoms. The second-order valence-electron chi connectivity index (χ2n) is 3.37. The first-order chi connectivity index (χ1) is 8.63. The lowest BCUT2D eigenvalue weighted by molar-refractivity contribution is -0.137. The molecule has 106 valence electrons. The highest BCUT2D eigenvalue weighted by Crippen LogP contribution is 1.78. The molecule has 0 bridgehead atoms. The topological polar surface area (TPSA) is 117 Å². The predicted molar refractivity (Wildman–Crippen MR) is 62.6 cm³/mol. The van der Waals surface area contributed by atoms with Gasteiger partial charge in [-0.15, -0.1) is 0 Å². The van der Waals surface area contributed by atoms with Crippen LogP contribution in [-0.2, 0) is 19.1 Å². The maximum atomic E-state index is 10.1. The highest BCUT2D eigenvalue weighted by atomic mass is 16.5. The van der Waals surface area contributed by atoms with Crippen LogP contribution in [0.5, 0.6) is 0 Å². The molecule has 0 spiro atoms. The zero-order valence-electron chi connectivity index (χ0n) is 10.2. The van der Waals surface area contributed by atoms with Gasteiger partial charge in [0.1, 0.15) is 0 Å². The third-order valence-electron chi connectivity index (χ3n) is 1.77. The number of carbonyl (C=O) groups is 2. The average Bonchev–Trinajstić information content (AvgIpc) is 2.29. The lowest BCUT2D eigenvalue weighted by Crippen LogP contribution is -2.27. The number of nitrogens with one attached hydrogen (secondary N) is 2. The molecule has 0 aliphatic rings. The molecule has 0 radical (unpaired) electrons. The minimum Gasteiger partial charge on any atom is -0.480 e. The third-order valence-corrected chi connectivity index (χ3v) is 1.77. The summed E-state index contributed by atoms with van der Waals surface area (Å²) in [4.78, 5) is 20.3. The van der Waals surface area contributed by atoms with Crippen LogP contribution in [0.3, 0.4) is 0 Å². The van der Waals surface area contributed by atoms with Gasteiger partial charge in [0.15, 0.2) is 0 Å². The molecule has 0 atom stereocenters. The fourth-order valence-corrected chi connectivity index (χ4v) is 1.00. The molecule has 4 N–H and O–H groups in total. The van der Waals surface area contributed by atoms with Crippen molar-refractivity contribution in [3.63, 3.8) is 0 Å². The Hall–Kier alpha value is -1.22. The Bertz CT molecular complexity index is 212. The number of carboxylic acids is 2. The monoisotopic (exact) mass is 264 g/mol. The van der Waals surface area contributed by atoms with Gasteiger partial charge < -0.3 is 30.3 Å². The summed E-state index contributed by atoms with van der Waals surface area (Å²) in [5.41, 5.74) is 0. The van der Waals surface area contributed by atoms with E-state index in [1.54, 1.807) is 0 Å². The maximum absolute atomic E-state index is 10.1. The van der Waals surface area contributed by atoms with Gasteiger partial charge in [0, 0.05) is 13.1 Å². The van der Waals surface area contributed by atoms with Gasteiger partial charge >= 0.3 is 11.9 Å². The Morgan fingerprint density at radius 1 is 0.778 bits per heavy atom. The van der Waals surface area contributed by atoms with Crippen LogP contribution in [0.4, 0.5) is 0 Å². The Balaban J connectivity index is 2.99. The summed E-state index contributed by atoms with van der Waals surface area (Å²) in [6.07, 6.45) is 0. The lowest BCUT2D eigenvalue weighted by Gasteiger charge is -2.06. The van der Waals surface area contributed by atoms with Crippen LogP contribution in [0.2, 0.25) is 0 Å². The zero-order valence-corrected chi connectivity index (χ0v) is 10.2. The lowest BCUT2D eigenvalue weighted by atomic mass is 10.6. The summed E-state index contributed by atoms with van der Waals surface area (Å²) >= 11 is 0. The van der Waals surface area contributed by atoms with Crippen LogP contribution < -0.4 is 10.6 Å². The summed E-state index contributed by atoms with van der Waals surface area (Å²) in [6.45, 7) is 2.51. The minimum atomic E-state index is -0.896. The number of hydrogen-bond donors (Lipinski definition) is 4. The first-order valence-corrected chi connectivity index (χ1v) is 5.63. The van der Waals surface area contributed by atoms with Crippen molar-refractivity contribution >= 4 is 11.9 Å². The van der Waals surface area contributed by atoms with Gasteiger partial charge in [-0.2, -0.15) is 0 Å². The molecule has 0 aromatic rings. The Kier molecular flexibility index (Phi) is 11.4. The van der Waals surface area contributed by atoms with Crippen molar-refractivity contribution in [2.75, 3.05) is 52.6 Å². The van der Waals surface area contributed by atoms with Crippen LogP contribution in [0.15, 0.2) is 0 Å². The van der Waals surface area contributed by atoms with E-state index in [2.05, 4.69) is 10.6 Å². The Morgan fingerprint density at radius 2 is 1.17 bits per heavy atom. The third kappa shape index (κ3) is 14.8. The molecule has 0 amide bonds. The van der Waals surface area contributed by atoms with Crippen LogP contribution in [0.25, 0.3) is 0 Å². The van der Waals surface area contributed by atoms with E-state index in [0.29, 0.717) is 39.5 Å². The molecular formula is C10H20N2O6. The highest BCUT2D eigenvalue weighted by Gasteiger charge is 1.96. The van der Waals surface area contributed by atoms with Gasteiger partial charge in [0.05, 0.1) is 39.5 Å². The van der Waals surface area contributed by atoms with Crippen LogP contribution >= 0.6 is 0 Å². The fraction of sp³-hybridized carbons (Fsp3) is 0.800. The average molecular weight is 264 g/mol. The van der Waals surface area contributed by atoms with Gasteiger partial charge in [-0.1, -0.05) is 0 Å². The highest BCUT2D eigenvalue weighted by molar-refractivity contribution is 5.69. The van der Waals surface area contributed by atoms with E-state index in [0.717, 1.165) is 0 Å². The molecule has 8 nitrogen and oxygen atoms in total. The van der Waals surface area contributed by atoms with Crippen molar-refractivity contribution in [2.45, 2.75) is 0 Å². The van der Waals surface area contributed by atoms with Crippen molar-refractivity contribution in [1.82, 2.24) is 10.6 Å². The van der Waals surface area contributed by atoms with E-state index in [9.17, 15) is 9.59 Å². The van der Waals surface area contributed by atoms with Crippen LogP contribution in [0, 0.1) is 0 Å². The summed E-state index contributed by atoms with van der Waals surface area (Å²) in [5.74, 6) is -1.79. The minimum absolute atomic E-state index is 0.0743. The Morgan fingerprint density at radius 3 is 1.50 bits per heavy atom. The van der Waals surface area contributed by atoms with Crippen molar-refractivity contribution in [3.05, 3.63) is 0 Å². The molecule has 0 saturated carbocycles. The quantitative estimate of drug-likeness (QED) is 0.293. The van der Waals surface area contributed by atoms with E-state index in [1.165, 1.54) is 0 Å². The molecule has 0 aliphatic heterocycles. The van der Waals surface area contributed by atoms with E-state index in [1.807, 2.05) is 0 Å². The van der Waals surface area contributed by atoms with Crippen molar-refractivity contribution in [3.8, 4) is 0 Å². The molecule has 0 fully saturated rings. The largest absolute Gasteiger partial charge is 0.480 e. The smallest absolute Gasteiger partial charge is 0.317 e. The molecule has 0 aliphatic carbocycles. The molecule has 0 rings (SSSR count). The van der Waals surface area contributed by atoms with Gasteiger partial charge in [-0.25, -0.2) is 0 Å². The molecule has 0 unspecified atom stereocenters. The first-order valence-electron chi connectivity index (χ1n) is 5.63. The van der Waals surface area contributed by atoms with E-state index in [4.69, 9.17) is 19.7 Å². The molecule has 0 aromatic heterocycles. The summed E-state index contributed by atoms with van der Waals surface area (Å²) in [5, 5.41) is 22.0. The maximum Gasteiger partial charge on any atom is 0.317 e. The standard InChI is InChI=1S/C10H20N2O6/c13-9(14)7-11-1-3-17-5-6-18-4-2-12-8-10(15)16/h11-12H,1-8H2,(H,13,14)(H,15,16). The number of ether oxygens (including phenoxy) is 2. The predicted octanol–water partition coefficient (Wildman–Crippen LogP) is -1.63. The van der Waals surface area contributed by atoms with Crippen molar-refractivity contribution in [1.29, 1.82) is 0 Å². The summed E-state index contributed by atoms with van der Waals surface area (Å²) in [6, 6.07) is 0. The SMILES string of the molecule is O=C(O)CNCCOCCOCCNCC(=O)O. The molecule has 0 saturated heterocycles. The number of aliphatic carboxylic acids is 2. The van der Waals surface area contributed by atoms with E-state index in [-0.39, 0.29) is 13.1 Å². The number of hydrogen-bond acceptors (Lipinski definition) is 6. The summed E-state index contributed by atoms with van der Waals surface area (Å²) in [7, 11) is 0. The first kappa shape index (κ1) is 16.8. The number of rotatable bonds is 13. The summed E-state index contributed by atoms with van der Waals surface area (Å²) < 4.78 is 10.3. The molecular weight excluding hydrogens is 244 g/mol. The van der Waals surface area contributed by atoms with Crippen molar-refractivity contribution < 1.29 is 29.3 Å². The van der Waals surface area contributed by atoms with Gasteiger partial charge in [0.25, 0.3) is 0 Å². The van der Waals surface area contributed by atoms with Gasteiger partial charge in [0.2, 0.25) is 0 Å². The normalized spacial score (nSPS) is 10.4.